The Morgan fingerprint density at radius 1 is 0.722 bits per heavy atom. The van der Waals surface area contributed by atoms with Gasteiger partial charge in [0, 0.05) is 18.8 Å². The second-order valence-corrected chi connectivity index (χ2v) is 4.35. The lowest BCUT2D eigenvalue weighted by atomic mass is 10.0. The number of hydrogen-bond donors (Lipinski definition) is 0. The Labute approximate surface area is 107 Å². The second-order valence-electron chi connectivity index (χ2n) is 4.35. The Kier molecular flexibility index (Phi) is 2.69. The number of aryl methyl sites for hydroxylation is 1. The Balaban J connectivity index is 1.94. The fourth-order valence-electron chi connectivity index (χ4n) is 2.06. The molecule has 2 heteroatoms. The van der Waals surface area contributed by atoms with Crippen LogP contribution in [0.2, 0.25) is 0 Å². The van der Waals surface area contributed by atoms with E-state index >= 15 is 0 Å². The molecule has 1 aromatic heterocycles. The highest BCUT2D eigenvalue weighted by Gasteiger charge is 2.01. The average Bonchev–Trinajstić information content (AvgIpc) is 2.87. The van der Waals surface area contributed by atoms with Crippen molar-refractivity contribution in [1.82, 2.24) is 9.78 Å². The summed E-state index contributed by atoms with van der Waals surface area (Å²) in [5, 5.41) is 4.19. The lowest BCUT2D eigenvalue weighted by Gasteiger charge is -2.02. The van der Waals surface area contributed by atoms with Crippen LogP contribution in [0.3, 0.4) is 0 Å². The average molecular weight is 234 g/mol. The summed E-state index contributed by atoms with van der Waals surface area (Å²) < 4.78 is 1.82. The van der Waals surface area contributed by atoms with Gasteiger partial charge in [-0.3, -0.25) is 4.68 Å². The number of benzene rings is 2. The molecule has 0 spiro atoms. The molecule has 0 aliphatic rings. The number of aromatic nitrogens is 2. The van der Waals surface area contributed by atoms with Crippen molar-refractivity contribution in [3.63, 3.8) is 0 Å². The maximum Gasteiger partial charge on any atom is 0.0568 e. The summed E-state index contributed by atoms with van der Waals surface area (Å²) in [5.41, 5.74) is 4.83. The summed E-state index contributed by atoms with van der Waals surface area (Å²) >= 11 is 0. The van der Waals surface area contributed by atoms with Crippen LogP contribution in [0.4, 0.5) is 0 Å². The van der Waals surface area contributed by atoms with Gasteiger partial charge in [-0.1, -0.05) is 54.6 Å². The summed E-state index contributed by atoms with van der Waals surface area (Å²) in [7, 11) is 1.93. The molecule has 2 nitrogen and oxygen atoms in total. The topological polar surface area (TPSA) is 17.8 Å². The van der Waals surface area contributed by atoms with Crippen molar-refractivity contribution in [2.75, 3.05) is 0 Å². The van der Waals surface area contributed by atoms with E-state index in [4.69, 9.17) is 0 Å². The number of hydrogen-bond acceptors (Lipinski definition) is 1. The fourth-order valence-corrected chi connectivity index (χ4v) is 2.06. The largest absolute Gasteiger partial charge is 0.275 e. The van der Waals surface area contributed by atoms with Crippen molar-refractivity contribution >= 4 is 0 Å². The lowest BCUT2D eigenvalue weighted by molar-refractivity contribution is 0.768. The quantitative estimate of drug-likeness (QED) is 0.660. The van der Waals surface area contributed by atoms with E-state index < -0.39 is 0 Å². The van der Waals surface area contributed by atoms with E-state index in [1.165, 1.54) is 16.7 Å². The van der Waals surface area contributed by atoms with Gasteiger partial charge in [0.05, 0.1) is 6.20 Å². The van der Waals surface area contributed by atoms with Crippen molar-refractivity contribution in [3.8, 4) is 22.3 Å². The molecule has 0 bridgehead atoms. The van der Waals surface area contributed by atoms with E-state index in [9.17, 15) is 0 Å². The summed E-state index contributed by atoms with van der Waals surface area (Å²) in [6.45, 7) is 0. The van der Waals surface area contributed by atoms with E-state index in [1.54, 1.807) is 0 Å². The fraction of sp³-hybridized carbons (Fsp3) is 0.0625. The third-order valence-corrected chi connectivity index (χ3v) is 3.03. The Morgan fingerprint density at radius 3 is 1.83 bits per heavy atom. The molecule has 0 fully saturated rings. The summed E-state index contributed by atoms with van der Waals surface area (Å²) in [6.07, 6.45) is 3.91. The monoisotopic (exact) mass is 234 g/mol. The highest BCUT2D eigenvalue weighted by molar-refractivity contribution is 5.69. The first-order valence-electron chi connectivity index (χ1n) is 5.97. The first-order chi connectivity index (χ1) is 8.83. The number of nitrogens with zero attached hydrogens (tertiary/aromatic N) is 2. The van der Waals surface area contributed by atoms with Crippen LogP contribution in [0.5, 0.6) is 0 Å². The summed E-state index contributed by atoms with van der Waals surface area (Å²) in [5.74, 6) is 0. The third kappa shape index (κ3) is 2.05. The first-order valence-corrected chi connectivity index (χ1v) is 5.97. The van der Waals surface area contributed by atoms with Gasteiger partial charge in [0.2, 0.25) is 0 Å². The van der Waals surface area contributed by atoms with Gasteiger partial charge in [-0.05, 0) is 16.7 Å². The minimum Gasteiger partial charge on any atom is -0.275 e. The maximum absolute atomic E-state index is 4.19. The molecule has 3 aromatic rings. The van der Waals surface area contributed by atoms with Crippen LogP contribution in [0, 0.1) is 0 Å². The predicted molar refractivity (Wildman–Crippen MR) is 74.1 cm³/mol. The van der Waals surface area contributed by atoms with Gasteiger partial charge in [-0.15, -0.1) is 0 Å². The minimum absolute atomic E-state index is 1.15. The summed E-state index contributed by atoms with van der Waals surface area (Å²) in [4.78, 5) is 0. The lowest BCUT2D eigenvalue weighted by Crippen LogP contribution is -1.84. The molecule has 88 valence electrons. The maximum atomic E-state index is 4.19. The van der Waals surface area contributed by atoms with E-state index in [0.29, 0.717) is 0 Å². The molecule has 18 heavy (non-hydrogen) atoms. The second kappa shape index (κ2) is 4.49. The van der Waals surface area contributed by atoms with Gasteiger partial charge in [-0.25, -0.2) is 0 Å². The molecule has 0 amide bonds. The first kappa shape index (κ1) is 10.8. The molecule has 0 aliphatic heterocycles. The predicted octanol–water partition coefficient (Wildman–Crippen LogP) is 3.75. The van der Waals surface area contributed by atoms with Crippen LogP contribution >= 0.6 is 0 Å². The SMILES string of the molecule is Cn1cc(-c2ccc(-c3ccccc3)cc2)cn1. The Hall–Kier alpha value is -2.35. The molecule has 0 unspecified atom stereocenters. The van der Waals surface area contributed by atoms with Gasteiger partial charge in [0.25, 0.3) is 0 Å². The Bertz CT molecular complexity index is 636. The molecule has 3 rings (SSSR count). The highest BCUT2D eigenvalue weighted by atomic mass is 15.2. The number of rotatable bonds is 2. The smallest absolute Gasteiger partial charge is 0.0568 e. The Morgan fingerprint density at radius 2 is 1.28 bits per heavy atom. The van der Waals surface area contributed by atoms with Crippen molar-refractivity contribution < 1.29 is 0 Å². The van der Waals surface area contributed by atoms with Gasteiger partial charge in [0.1, 0.15) is 0 Å². The van der Waals surface area contributed by atoms with Crippen LogP contribution in [-0.4, -0.2) is 9.78 Å². The highest BCUT2D eigenvalue weighted by Crippen LogP contribution is 2.24. The van der Waals surface area contributed by atoms with Gasteiger partial charge in [-0.2, -0.15) is 5.10 Å². The van der Waals surface area contributed by atoms with Crippen LogP contribution < -0.4 is 0 Å². The standard InChI is InChI=1S/C16H14N2/c1-18-12-16(11-17-18)15-9-7-14(8-10-15)13-5-3-2-4-6-13/h2-12H,1H3. The van der Waals surface area contributed by atoms with Crippen molar-refractivity contribution in [3.05, 3.63) is 67.0 Å². The van der Waals surface area contributed by atoms with Crippen molar-refractivity contribution in [2.45, 2.75) is 0 Å². The molecule has 0 radical (unpaired) electrons. The van der Waals surface area contributed by atoms with Gasteiger partial charge >= 0.3 is 0 Å². The van der Waals surface area contributed by atoms with Crippen LogP contribution in [0.1, 0.15) is 0 Å². The normalized spacial score (nSPS) is 10.5. The van der Waals surface area contributed by atoms with Crippen LogP contribution in [-0.2, 0) is 7.05 Å². The van der Waals surface area contributed by atoms with Gasteiger partial charge in [0.15, 0.2) is 0 Å². The van der Waals surface area contributed by atoms with E-state index in [0.717, 1.165) is 5.56 Å². The molecular formula is C16H14N2. The van der Waals surface area contributed by atoms with E-state index in [-0.39, 0.29) is 0 Å². The zero-order chi connectivity index (χ0) is 12.4. The molecule has 0 atom stereocenters. The van der Waals surface area contributed by atoms with Gasteiger partial charge < -0.3 is 0 Å². The minimum atomic E-state index is 1.15. The molecule has 0 saturated carbocycles. The van der Waals surface area contributed by atoms with E-state index in [1.807, 2.05) is 30.2 Å². The molecule has 2 aromatic carbocycles. The van der Waals surface area contributed by atoms with Crippen molar-refractivity contribution in [2.24, 2.45) is 7.05 Å². The molecule has 0 aliphatic carbocycles. The molecule has 0 N–H and O–H groups in total. The molecule has 1 heterocycles. The molecule has 0 saturated heterocycles. The third-order valence-electron chi connectivity index (χ3n) is 3.03. The summed E-state index contributed by atoms with van der Waals surface area (Å²) in [6, 6.07) is 19.0. The zero-order valence-electron chi connectivity index (χ0n) is 10.2. The zero-order valence-corrected chi connectivity index (χ0v) is 10.2. The van der Waals surface area contributed by atoms with Crippen molar-refractivity contribution in [1.29, 1.82) is 0 Å². The molecular weight excluding hydrogens is 220 g/mol. The van der Waals surface area contributed by atoms with Crippen LogP contribution in [0.15, 0.2) is 67.0 Å². The van der Waals surface area contributed by atoms with Crippen LogP contribution in [0.25, 0.3) is 22.3 Å². The van der Waals surface area contributed by atoms with E-state index in [2.05, 4.69) is 53.6 Å².